The predicted octanol–water partition coefficient (Wildman–Crippen LogP) is 3.79. The highest BCUT2D eigenvalue weighted by molar-refractivity contribution is 7.98. The Labute approximate surface area is 186 Å². The number of methoxy groups -OCH3 is 1. The first-order valence-electron chi connectivity index (χ1n) is 9.86. The number of nitrogens with one attached hydrogen (secondary N) is 1. The van der Waals surface area contributed by atoms with Gasteiger partial charge in [0.2, 0.25) is 0 Å². The van der Waals surface area contributed by atoms with E-state index in [4.69, 9.17) is 9.47 Å². The largest absolute Gasteiger partial charge is 0.491 e. The third-order valence-electron chi connectivity index (χ3n) is 4.39. The molecule has 162 valence electrons. The molecule has 0 saturated heterocycles. The fourth-order valence-electron chi connectivity index (χ4n) is 2.81. The number of carbonyl (C=O) groups excluding carboxylic acids is 1. The molecule has 0 atom stereocenters. The van der Waals surface area contributed by atoms with Crippen molar-refractivity contribution < 1.29 is 14.3 Å². The molecule has 0 fully saturated rings. The number of pyridine rings is 1. The van der Waals surface area contributed by atoms with Gasteiger partial charge in [-0.05, 0) is 32.4 Å². The SMILES string of the molecule is COc1cnc(CSc2nc(C)cc(C)n2)cc1OCC(=O)NCc1ccc(C)cc1. The Kier molecular flexibility index (Phi) is 7.83. The Hall–Kier alpha value is -3.13. The smallest absolute Gasteiger partial charge is 0.258 e. The van der Waals surface area contributed by atoms with Gasteiger partial charge in [0.15, 0.2) is 23.3 Å². The van der Waals surface area contributed by atoms with Crippen molar-refractivity contribution in [3.8, 4) is 11.5 Å². The summed E-state index contributed by atoms with van der Waals surface area (Å²) in [5, 5.41) is 3.56. The number of rotatable bonds is 9. The van der Waals surface area contributed by atoms with E-state index >= 15 is 0 Å². The lowest BCUT2D eigenvalue weighted by atomic mass is 10.1. The predicted molar refractivity (Wildman–Crippen MR) is 120 cm³/mol. The van der Waals surface area contributed by atoms with Gasteiger partial charge in [0.1, 0.15) is 0 Å². The standard InChI is InChI=1S/C23H26N4O3S/c1-15-5-7-18(8-6-15)11-25-22(28)13-30-20-10-19(24-12-21(20)29-4)14-31-23-26-16(2)9-17(3)27-23/h5-10,12H,11,13-14H2,1-4H3,(H,25,28). The summed E-state index contributed by atoms with van der Waals surface area (Å²) >= 11 is 1.49. The van der Waals surface area contributed by atoms with Crippen LogP contribution in [-0.2, 0) is 17.1 Å². The van der Waals surface area contributed by atoms with Crippen molar-refractivity contribution in [1.29, 1.82) is 0 Å². The van der Waals surface area contributed by atoms with Crippen molar-refractivity contribution in [3.63, 3.8) is 0 Å². The molecule has 0 aliphatic rings. The van der Waals surface area contributed by atoms with Crippen LogP contribution >= 0.6 is 11.8 Å². The van der Waals surface area contributed by atoms with Crippen LogP contribution in [-0.4, -0.2) is 34.6 Å². The fourth-order valence-corrected chi connectivity index (χ4v) is 3.66. The van der Waals surface area contributed by atoms with E-state index < -0.39 is 0 Å². The molecule has 0 bridgehead atoms. The van der Waals surface area contributed by atoms with E-state index in [1.54, 1.807) is 19.4 Å². The molecule has 1 amide bonds. The quantitative estimate of drug-likeness (QED) is 0.402. The molecule has 0 aliphatic carbocycles. The second-order valence-corrected chi connectivity index (χ2v) is 8.04. The maximum absolute atomic E-state index is 12.2. The molecule has 1 N–H and O–H groups in total. The molecule has 0 unspecified atom stereocenters. The van der Waals surface area contributed by atoms with Crippen LogP contribution < -0.4 is 14.8 Å². The van der Waals surface area contributed by atoms with E-state index in [1.807, 2.05) is 51.1 Å². The Balaban J connectivity index is 1.56. The van der Waals surface area contributed by atoms with Crippen molar-refractivity contribution in [2.45, 2.75) is 38.2 Å². The Bertz CT molecular complexity index is 1020. The molecule has 31 heavy (non-hydrogen) atoms. The lowest BCUT2D eigenvalue weighted by Crippen LogP contribution is -2.28. The lowest BCUT2D eigenvalue weighted by Gasteiger charge is -2.12. The minimum absolute atomic E-state index is 0.112. The molecule has 0 radical (unpaired) electrons. The summed E-state index contributed by atoms with van der Waals surface area (Å²) in [5.74, 6) is 1.31. The van der Waals surface area contributed by atoms with Gasteiger partial charge < -0.3 is 14.8 Å². The summed E-state index contributed by atoms with van der Waals surface area (Å²) in [7, 11) is 1.54. The number of aryl methyl sites for hydroxylation is 3. The first-order valence-corrected chi connectivity index (χ1v) is 10.8. The van der Waals surface area contributed by atoms with E-state index in [9.17, 15) is 4.79 Å². The summed E-state index contributed by atoms with van der Waals surface area (Å²) < 4.78 is 11.0. The lowest BCUT2D eigenvalue weighted by molar-refractivity contribution is -0.123. The van der Waals surface area contributed by atoms with Crippen LogP contribution in [0.3, 0.4) is 0 Å². The van der Waals surface area contributed by atoms with Gasteiger partial charge in [-0.25, -0.2) is 9.97 Å². The van der Waals surface area contributed by atoms with Gasteiger partial charge >= 0.3 is 0 Å². The summed E-state index contributed by atoms with van der Waals surface area (Å²) in [4.78, 5) is 25.5. The molecule has 0 saturated carbocycles. The number of carbonyl (C=O) groups is 1. The molecule has 8 heteroatoms. The van der Waals surface area contributed by atoms with Crippen LogP contribution in [0, 0.1) is 20.8 Å². The number of benzene rings is 1. The topological polar surface area (TPSA) is 86.2 Å². The molecule has 0 spiro atoms. The van der Waals surface area contributed by atoms with Crippen LogP contribution in [0.2, 0.25) is 0 Å². The zero-order valence-electron chi connectivity index (χ0n) is 18.1. The molecule has 0 aliphatic heterocycles. The highest BCUT2D eigenvalue weighted by Crippen LogP contribution is 2.29. The van der Waals surface area contributed by atoms with Gasteiger partial charge in [-0.3, -0.25) is 9.78 Å². The number of hydrogen-bond acceptors (Lipinski definition) is 7. The van der Waals surface area contributed by atoms with Crippen molar-refractivity contribution >= 4 is 17.7 Å². The van der Waals surface area contributed by atoms with Crippen LogP contribution in [0.25, 0.3) is 0 Å². The van der Waals surface area contributed by atoms with Crippen LogP contribution in [0.5, 0.6) is 11.5 Å². The van der Waals surface area contributed by atoms with Crippen molar-refractivity contribution in [2.75, 3.05) is 13.7 Å². The normalized spacial score (nSPS) is 10.6. The third-order valence-corrected chi connectivity index (χ3v) is 5.27. The summed E-state index contributed by atoms with van der Waals surface area (Å²) in [6.45, 7) is 6.26. The van der Waals surface area contributed by atoms with E-state index in [0.29, 0.717) is 29.0 Å². The van der Waals surface area contributed by atoms with Crippen LogP contribution in [0.1, 0.15) is 28.2 Å². The Morgan fingerprint density at radius 2 is 1.74 bits per heavy atom. The molecular formula is C23H26N4O3S. The van der Waals surface area contributed by atoms with Gasteiger partial charge in [-0.15, -0.1) is 0 Å². The first-order chi connectivity index (χ1) is 14.9. The van der Waals surface area contributed by atoms with Crippen molar-refractivity contribution in [3.05, 3.63) is 70.8 Å². The number of amides is 1. The summed E-state index contributed by atoms with van der Waals surface area (Å²) in [6, 6.07) is 11.7. The average Bonchev–Trinajstić information content (AvgIpc) is 2.75. The second kappa shape index (κ2) is 10.8. The van der Waals surface area contributed by atoms with Crippen LogP contribution in [0.4, 0.5) is 0 Å². The molecule has 1 aromatic carbocycles. The third kappa shape index (κ3) is 6.96. The molecular weight excluding hydrogens is 412 g/mol. The molecule has 3 aromatic rings. The first kappa shape index (κ1) is 22.6. The van der Waals surface area contributed by atoms with Crippen LogP contribution in [0.15, 0.2) is 47.8 Å². The van der Waals surface area contributed by atoms with Gasteiger partial charge in [0.25, 0.3) is 5.91 Å². The zero-order valence-corrected chi connectivity index (χ0v) is 19.0. The van der Waals surface area contributed by atoms with Crippen molar-refractivity contribution in [2.24, 2.45) is 0 Å². The summed E-state index contributed by atoms with van der Waals surface area (Å²) in [6.07, 6.45) is 1.60. The van der Waals surface area contributed by atoms with Gasteiger partial charge in [-0.1, -0.05) is 41.6 Å². The highest BCUT2D eigenvalue weighted by atomic mass is 32.2. The molecule has 2 aromatic heterocycles. The Morgan fingerprint density at radius 1 is 1.03 bits per heavy atom. The number of hydrogen-bond donors (Lipinski definition) is 1. The van der Waals surface area contributed by atoms with E-state index in [-0.39, 0.29) is 12.5 Å². The maximum Gasteiger partial charge on any atom is 0.258 e. The van der Waals surface area contributed by atoms with Gasteiger partial charge in [-0.2, -0.15) is 0 Å². The number of ether oxygens (including phenoxy) is 2. The summed E-state index contributed by atoms with van der Waals surface area (Å²) in [5.41, 5.74) is 4.86. The maximum atomic E-state index is 12.2. The van der Waals surface area contributed by atoms with E-state index in [2.05, 4.69) is 20.3 Å². The van der Waals surface area contributed by atoms with E-state index in [1.165, 1.54) is 17.3 Å². The molecule has 2 heterocycles. The van der Waals surface area contributed by atoms with Gasteiger partial charge in [0.05, 0.1) is 19.0 Å². The monoisotopic (exact) mass is 438 g/mol. The minimum atomic E-state index is -0.209. The van der Waals surface area contributed by atoms with Crippen molar-refractivity contribution in [1.82, 2.24) is 20.3 Å². The Morgan fingerprint density at radius 3 is 2.42 bits per heavy atom. The molecule has 3 rings (SSSR count). The number of nitrogens with zero attached hydrogens (tertiary/aromatic N) is 3. The average molecular weight is 439 g/mol. The fraction of sp³-hybridized carbons (Fsp3) is 0.304. The second-order valence-electron chi connectivity index (χ2n) is 7.10. The zero-order chi connectivity index (χ0) is 22.2. The minimum Gasteiger partial charge on any atom is -0.491 e. The number of aromatic nitrogens is 3. The highest BCUT2D eigenvalue weighted by Gasteiger charge is 2.11. The van der Waals surface area contributed by atoms with Gasteiger partial charge in [0, 0.05) is 29.8 Å². The van der Waals surface area contributed by atoms with E-state index in [0.717, 1.165) is 22.6 Å². The number of thioether (sulfide) groups is 1. The molecule has 7 nitrogen and oxygen atoms in total.